The highest BCUT2D eigenvalue weighted by molar-refractivity contribution is 7.92. The summed E-state index contributed by atoms with van der Waals surface area (Å²) in [5.41, 5.74) is 1.65. The molecule has 0 radical (unpaired) electrons. The number of nitrogens with zero attached hydrogens (tertiary/aromatic N) is 1. The van der Waals surface area contributed by atoms with Gasteiger partial charge >= 0.3 is 0 Å². The van der Waals surface area contributed by atoms with E-state index in [1.165, 1.54) is 13.0 Å². The highest BCUT2D eigenvalue weighted by atomic mass is 32.2. The van der Waals surface area contributed by atoms with Crippen molar-refractivity contribution >= 4 is 27.4 Å². The summed E-state index contributed by atoms with van der Waals surface area (Å²) in [6.45, 7) is 5.19. The van der Waals surface area contributed by atoms with Gasteiger partial charge < -0.3 is 5.32 Å². The van der Waals surface area contributed by atoms with Crippen molar-refractivity contribution in [2.24, 2.45) is 5.92 Å². The van der Waals surface area contributed by atoms with E-state index < -0.39 is 15.9 Å². The SMILES string of the molecule is CC(=O)c1cccc(N(CC(=O)N[C@H](CC(C)C)c2ccccc2)S(C)(=O)=O)c1. The van der Waals surface area contributed by atoms with Crippen molar-refractivity contribution in [3.8, 4) is 0 Å². The molecule has 0 aromatic heterocycles. The van der Waals surface area contributed by atoms with Crippen molar-refractivity contribution in [3.05, 3.63) is 65.7 Å². The molecule has 1 N–H and O–H groups in total. The lowest BCUT2D eigenvalue weighted by Crippen LogP contribution is -2.41. The number of hydrogen-bond donors (Lipinski definition) is 1. The van der Waals surface area contributed by atoms with E-state index in [1.807, 2.05) is 30.3 Å². The maximum atomic E-state index is 12.8. The zero-order chi connectivity index (χ0) is 21.6. The molecule has 0 saturated carbocycles. The zero-order valence-corrected chi connectivity index (χ0v) is 18.1. The second-order valence-electron chi connectivity index (χ2n) is 7.54. The second-order valence-corrected chi connectivity index (χ2v) is 9.44. The molecular weight excluding hydrogens is 388 g/mol. The molecule has 0 aliphatic rings. The first kappa shape index (κ1) is 22.6. The van der Waals surface area contributed by atoms with Crippen molar-refractivity contribution < 1.29 is 18.0 Å². The lowest BCUT2D eigenvalue weighted by molar-refractivity contribution is -0.120. The van der Waals surface area contributed by atoms with Crippen molar-refractivity contribution in [3.63, 3.8) is 0 Å². The minimum Gasteiger partial charge on any atom is -0.348 e. The molecule has 0 saturated heterocycles. The average Bonchev–Trinajstić information content (AvgIpc) is 2.65. The number of carbonyl (C=O) groups is 2. The highest BCUT2D eigenvalue weighted by Crippen LogP contribution is 2.22. The predicted molar refractivity (Wildman–Crippen MR) is 115 cm³/mol. The lowest BCUT2D eigenvalue weighted by atomic mass is 9.97. The molecule has 29 heavy (non-hydrogen) atoms. The Morgan fingerprint density at radius 3 is 2.24 bits per heavy atom. The van der Waals surface area contributed by atoms with Gasteiger partial charge in [-0.2, -0.15) is 0 Å². The number of amides is 1. The van der Waals surface area contributed by atoms with Crippen molar-refractivity contribution in [1.29, 1.82) is 0 Å². The van der Waals surface area contributed by atoms with Crippen LogP contribution < -0.4 is 9.62 Å². The molecule has 6 nitrogen and oxygen atoms in total. The third-order valence-electron chi connectivity index (χ3n) is 4.47. The minimum absolute atomic E-state index is 0.175. The summed E-state index contributed by atoms with van der Waals surface area (Å²) in [6, 6.07) is 15.7. The van der Waals surface area contributed by atoms with Crippen LogP contribution in [0.25, 0.3) is 0 Å². The van der Waals surface area contributed by atoms with Gasteiger partial charge in [0.1, 0.15) is 6.54 Å². The fourth-order valence-corrected chi connectivity index (χ4v) is 3.93. The van der Waals surface area contributed by atoms with Crippen LogP contribution in [-0.2, 0) is 14.8 Å². The summed E-state index contributed by atoms with van der Waals surface area (Å²) in [5.74, 6) is -0.234. The van der Waals surface area contributed by atoms with E-state index in [4.69, 9.17) is 0 Å². The molecule has 0 spiro atoms. The number of rotatable bonds is 9. The van der Waals surface area contributed by atoms with Crippen LogP contribution in [0.2, 0.25) is 0 Å². The van der Waals surface area contributed by atoms with Crippen LogP contribution in [0.4, 0.5) is 5.69 Å². The standard InChI is InChI=1S/C22H28N2O4S/c1-16(2)13-21(18-9-6-5-7-10-18)23-22(26)15-24(29(4,27)28)20-12-8-11-19(14-20)17(3)25/h5-12,14,16,21H,13,15H2,1-4H3,(H,23,26)/t21-/m1/s1. The number of hydrogen-bond acceptors (Lipinski definition) is 4. The van der Waals surface area contributed by atoms with Crippen LogP contribution in [0.5, 0.6) is 0 Å². The van der Waals surface area contributed by atoms with Crippen molar-refractivity contribution in [2.45, 2.75) is 33.2 Å². The molecule has 0 aliphatic carbocycles. The van der Waals surface area contributed by atoms with Crippen LogP contribution in [0.1, 0.15) is 49.2 Å². The first-order valence-electron chi connectivity index (χ1n) is 9.51. The van der Waals surface area contributed by atoms with E-state index in [0.29, 0.717) is 11.5 Å². The zero-order valence-electron chi connectivity index (χ0n) is 17.3. The Morgan fingerprint density at radius 1 is 1.03 bits per heavy atom. The molecule has 0 fully saturated rings. The predicted octanol–water partition coefficient (Wildman–Crippen LogP) is 3.56. The number of ketones is 1. The molecule has 1 atom stereocenters. The van der Waals surface area contributed by atoms with Gasteiger partial charge in [-0.05, 0) is 37.0 Å². The van der Waals surface area contributed by atoms with Gasteiger partial charge in [-0.15, -0.1) is 0 Å². The molecule has 2 rings (SSSR count). The Morgan fingerprint density at radius 2 is 1.69 bits per heavy atom. The van der Waals surface area contributed by atoms with Crippen LogP contribution in [-0.4, -0.2) is 32.9 Å². The van der Waals surface area contributed by atoms with Gasteiger partial charge in [0.25, 0.3) is 0 Å². The topological polar surface area (TPSA) is 83.6 Å². The van der Waals surface area contributed by atoms with E-state index in [9.17, 15) is 18.0 Å². The van der Waals surface area contributed by atoms with Gasteiger partial charge in [-0.25, -0.2) is 8.42 Å². The average molecular weight is 417 g/mol. The third-order valence-corrected chi connectivity index (χ3v) is 5.61. The van der Waals surface area contributed by atoms with E-state index in [2.05, 4.69) is 19.2 Å². The first-order chi connectivity index (χ1) is 13.6. The minimum atomic E-state index is -3.72. The molecule has 2 aromatic rings. The fraction of sp³-hybridized carbons (Fsp3) is 0.364. The summed E-state index contributed by atoms with van der Waals surface area (Å²) >= 11 is 0. The Balaban J connectivity index is 2.25. The fourth-order valence-electron chi connectivity index (χ4n) is 3.09. The number of sulfonamides is 1. The summed E-state index contributed by atoms with van der Waals surface area (Å²) in [4.78, 5) is 24.4. The third kappa shape index (κ3) is 6.71. The van der Waals surface area contributed by atoms with Gasteiger partial charge in [-0.1, -0.05) is 56.3 Å². The van der Waals surface area contributed by atoms with Crippen LogP contribution in [0.3, 0.4) is 0 Å². The lowest BCUT2D eigenvalue weighted by Gasteiger charge is -2.25. The monoisotopic (exact) mass is 416 g/mol. The quantitative estimate of drug-likeness (QED) is 0.634. The smallest absolute Gasteiger partial charge is 0.241 e. The van der Waals surface area contributed by atoms with Crippen molar-refractivity contribution in [2.75, 3.05) is 17.1 Å². The maximum absolute atomic E-state index is 12.8. The van der Waals surface area contributed by atoms with Crippen LogP contribution >= 0.6 is 0 Å². The van der Waals surface area contributed by atoms with E-state index in [1.54, 1.807) is 18.2 Å². The number of benzene rings is 2. The van der Waals surface area contributed by atoms with Crippen molar-refractivity contribution in [1.82, 2.24) is 5.32 Å². The van der Waals surface area contributed by atoms with Gasteiger partial charge in [0, 0.05) is 5.56 Å². The number of carbonyl (C=O) groups excluding carboxylic acids is 2. The summed E-state index contributed by atoms with van der Waals surface area (Å²) in [6.07, 6.45) is 1.78. The molecule has 0 heterocycles. The van der Waals surface area contributed by atoms with E-state index >= 15 is 0 Å². The molecule has 156 valence electrons. The van der Waals surface area contributed by atoms with E-state index in [-0.39, 0.29) is 24.1 Å². The Bertz CT molecular complexity index is 956. The molecule has 0 bridgehead atoms. The molecule has 7 heteroatoms. The second kappa shape index (κ2) is 9.69. The summed E-state index contributed by atoms with van der Waals surface area (Å²) in [7, 11) is -3.72. The molecule has 2 aromatic carbocycles. The van der Waals surface area contributed by atoms with Gasteiger partial charge in [-0.3, -0.25) is 13.9 Å². The Labute approximate surface area is 173 Å². The number of Topliss-reactive ketones (excluding diaryl/α,β-unsaturated/α-hetero) is 1. The number of nitrogens with one attached hydrogen (secondary N) is 1. The summed E-state index contributed by atoms with van der Waals surface area (Å²) < 4.78 is 25.7. The van der Waals surface area contributed by atoms with Gasteiger partial charge in [0.15, 0.2) is 5.78 Å². The van der Waals surface area contributed by atoms with Crippen LogP contribution in [0, 0.1) is 5.92 Å². The normalized spacial score (nSPS) is 12.4. The number of anilines is 1. The Kier molecular flexibility index (Phi) is 7.56. The maximum Gasteiger partial charge on any atom is 0.241 e. The highest BCUT2D eigenvalue weighted by Gasteiger charge is 2.23. The summed E-state index contributed by atoms with van der Waals surface area (Å²) in [5, 5.41) is 2.96. The largest absolute Gasteiger partial charge is 0.348 e. The molecule has 0 unspecified atom stereocenters. The Hall–Kier alpha value is -2.67. The molecule has 0 aliphatic heterocycles. The first-order valence-corrected chi connectivity index (χ1v) is 11.4. The van der Waals surface area contributed by atoms with Gasteiger partial charge in [0.2, 0.25) is 15.9 Å². The van der Waals surface area contributed by atoms with Crippen LogP contribution in [0.15, 0.2) is 54.6 Å². The molecule has 1 amide bonds. The van der Waals surface area contributed by atoms with Gasteiger partial charge in [0.05, 0.1) is 18.0 Å². The molecular formula is C22H28N2O4S. The van der Waals surface area contributed by atoms with E-state index in [0.717, 1.165) is 22.5 Å².